The lowest BCUT2D eigenvalue weighted by Crippen LogP contribution is -2.22. The van der Waals surface area contributed by atoms with Gasteiger partial charge >= 0.3 is 0 Å². The molecule has 0 fully saturated rings. The Morgan fingerprint density at radius 1 is 1.21 bits per heavy atom. The lowest BCUT2D eigenvalue weighted by Gasteiger charge is -2.04. The van der Waals surface area contributed by atoms with E-state index in [4.69, 9.17) is 4.42 Å². The van der Waals surface area contributed by atoms with E-state index in [9.17, 15) is 13.2 Å². The summed E-state index contributed by atoms with van der Waals surface area (Å²) in [5.74, 6) is 0.373. The van der Waals surface area contributed by atoms with Crippen LogP contribution in [0.15, 0.2) is 52.0 Å². The van der Waals surface area contributed by atoms with Crippen LogP contribution in [0, 0.1) is 0 Å². The van der Waals surface area contributed by atoms with E-state index in [1.165, 1.54) is 30.5 Å². The predicted molar refractivity (Wildman–Crippen MR) is 69.4 cm³/mol. The number of hydrogen-bond donors (Lipinski definition) is 1. The van der Waals surface area contributed by atoms with E-state index >= 15 is 0 Å². The third-order valence-corrected chi connectivity index (χ3v) is 3.68. The summed E-state index contributed by atoms with van der Waals surface area (Å²) in [4.78, 5) is 12.0. The van der Waals surface area contributed by atoms with E-state index in [0.29, 0.717) is 17.9 Å². The third kappa shape index (κ3) is 3.45. The van der Waals surface area contributed by atoms with Crippen molar-refractivity contribution >= 4 is 15.7 Å². The van der Waals surface area contributed by atoms with Crippen molar-refractivity contribution in [2.75, 3.05) is 6.26 Å². The molecule has 1 heterocycles. The fourth-order valence-corrected chi connectivity index (χ4v) is 2.17. The first-order chi connectivity index (χ1) is 8.97. The van der Waals surface area contributed by atoms with E-state index in [-0.39, 0.29) is 10.8 Å². The first-order valence-corrected chi connectivity index (χ1v) is 7.46. The minimum atomic E-state index is -3.24. The number of benzene rings is 1. The average molecular weight is 279 g/mol. The summed E-state index contributed by atoms with van der Waals surface area (Å²) in [6.07, 6.45) is 2.65. The van der Waals surface area contributed by atoms with Gasteiger partial charge in [-0.2, -0.15) is 0 Å². The van der Waals surface area contributed by atoms with Crippen LogP contribution in [-0.2, 0) is 16.4 Å². The van der Waals surface area contributed by atoms with Crippen molar-refractivity contribution in [3.63, 3.8) is 0 Å². The van der Waals surface area contributed by atoms with Gasteiger partial charge in [-0.05, 0) is 36.4 Å². The Morgan fingerprint density at radius 3 is 2.42 bits per heavy atom. The third-order valence-electron chi connectivity index (χ3n) is 2.55. The van der Waals surface area contributed by atoms with E-state index in [1.54, 1.807) is 12.1 Å². The molecule has 0 aliphatic heterocycles. The van der Waals surface area contributed by atoms with Gasteiger partial charge in [-0.15, -0.1) is 0 Å². The highest BCUT2D eigenvalue weighted by molar-refractivity contribution is 7.90. The molecule has 0 unspecified atom stereocenters. The summed E-state index contributed by atoms with van der Waals surface area (Å²) < 4.78 is 27.7. The van der Waals surface area contributed by atoms with Crippen molar-refractivity contribution in [1.29, 1.82) is 0 Å². The summed E-state index contributed by atoms with van der Waals surface area (Å²) in [5.41, 5.74) is 0.402. The van der Waals surface area contributed by atoms with Crippen molar-refractivity contribution in [3.05, 3.63) is 54.0 Å². The molecule has 5 nitrogen and oxygen atoms in total. The molecule has 0 atom stereocenters. The maximum atomic E-state index is 11.8. The van der Waals surface area contributed by atoms with Crippen molar-refractivity contribution in [1.82, 2.24) is 5.32 Å². The zero-order chi connectivity index (χ0) is 13.9. The van der Waals surface area contributed by atoms with E-state index in [0.717, 1.165) is 6.26 Å². The highest BCUT2D eigenvalue weighted by Gasteiger charge is 2.10. The van der Waals surface area contributed by atoms with Gasteiger partial charge < -0.3 is 9.73 Å². The van der Waals surface area contributed by atoms with Crippen LogP contribution < -0.4 is 5.32 Å². The summed E-state index contributed by atoms with van der Waals surface area (Å²) >= 11 is 0. The molecule has 0 aliphatic rings. The number of sulfone groups is 1. The summed E-state index contributed by atoms with van der Waals surface area (Å²) in [6.45, 7) is 0.291. The van der Waals surface area contributed by atoms with Crippen molar-refractivity contribution < 1.29 is 17.6 Å². The highest BCUT2D eigenvalue weighted by atomic mass is 32.2. The molecule has 2 aromatic rings. The molecular weight excluding hydrogens is 266 g/mol. The predicted octanol–water partition coefficient (Wildman–Crippen LogP) is 1.61. The zero-order valence-electron chi connectivity index (χ0n) is 10.3. The number of amides is 1. The van der Waals surface area contributed by atoms with Gasteiger partial charge in [0.1, 0.15) is 5.76 Å². The quantitative estimate of drug-likeness (QED) is 0.922. The van der Waals surface area contributed by atoms with E-state index in [1.807, 2.05) is 0 Å². The molecule has 0 aliphatic carbocycles. The molecule has 0 saturated heterocycles. The molecule has 0 spiro atoms. The molecule has 100 valence electrons. The molecule has 1 aromatic carbocycles. The largest absolute Gasteiger partial charge is 0.467 e. The Kier molecular flexibility index (Phi) is 3.71. The van der Waals surface area contributed by atoms with Crippen LogP contribution >= 0.6 is 0 Å². The van der Waals surface area contributed by atoms with E-state index in [2.05, 4.69) is 5.32 Å². The zero-order valence-corrected chi connectivity index (χ0v) is 11.1. The highest BCUT2D eigenvalue weighted by Crippen LogP contribution is 2.10. The van der Waals surface area contributed by atoms with Crippen molar-refractivity contribution in [2.24, 2.45) is 0 Å². The Hall–Kier alpha value is -2.08. The molecule has 1 N–H and O–H groups in total. The van der Waals surface area contributed by atoms with Crippen LogP contribution in [0.3, 0.4) is 0 Å². The molecule has 0 saturated carbocycles. The van der Waals surface area contributed by atoms with Crippen LogP contribution in [0.25, 0.3) is 0 Å². The molecule has 0 radical (unpaired) electrons. The van der Waals surface area contributed by atoms with Crippen LogP contribution in [0.1, 0.15) is 16.1 Å². The van der Waals surface area contributed by atoms with Gasteiger partial charge in [0.15, 0.2) is 9.84 Å². The molecule has 1 amide bonds. The lowest BCUT2D eigenvalue weighted by atomic mass is 10.2. The maximum absolute atomic E-state index is 11.8. The van der Waals surface area contributed by atoms with Crippen LogP contribution in [-0.4, -0.2) is 20.6 Å². The van der Waals surface area contributed by atoms with Crippen LogP contribution in [0.4, 0.5) is 0 Å². The Balaban J connectivity index is 2.04. The smallest absolute Gasteiger partial charge is 0.251 e. The topological polar surface area (TPSA) is 76.4 Å². The standard InChI is InChI=1S/C13H13NO4S/c1-19(16,17)12-6-4-10(5-7-12)13(15)14-9-11-3-2-8-18-11/h2-8H,9H2,1H3,(H,14,15). The second kappa shape index (κ2) is 5.27. The molecule has 19 heavy (non-hydrogen) atoms. The monoisotopic (exact) mass is 279 g/mol. The van der Waals surface area contributed by atoms with Gasteiger partial charge in [0.2, 0.25) is 0 Å². The van der Waals surface area contributed by atoms with Crippen molar-refractivity contribution in [3.8, 4) is 0 Å². The number of carbonyl (C=O) groups excluding carboxylic acids is 1. The van der Waals surface area contributed by atoms with Gasteiger partial charge in [-0.25, -0.2) is 8.42 Å². The van der Waals surface area contributed by atoms with Gasteiger partial charge in [-0.1, -0.05) is 0 Å². The summed E-state index contributed by atoms with van der Waals surface area (Å²) in [7, 11) is -3.24. The number of carbonyl (C=O) groups is 1. The summed E-state index contributed by atoms with van der Waals surface area (Å²) in [6, 6.07) is 9.28. The SMILES string of the molecule is CS(=O)(=O)c1ccc(C(=O)NCc2ccco2)cc1. The van der Waals surface area contributed by atoms with Gasteiger partial charge in [0.05, 0.1) is 17.7 Å². The second-order valence-electron chi connectivity index (χ2n) is 4.06. The van der Waals surface area contributed by atoms with Crippen molar-refractivity contribution in [2.45, 2.75) is 11.4 Å². The fraction of sp³-hybridized carbons (Fsp3) is 0.154. The number of hydrogen-bond acceptors (Lipinski definition) is 4. The number of rotatable bonds is 4. The van der Waals surface area contributed by atoms with Gasteiger partial charge in [0.25, 0.3) is 5.91 Å². The average Bonchev–Trinajstić information content (AvgIpc) is 2.88. The minimum absolute atomic E-state index is 0.190. The molecular formula is C13H13NO4S. The fourth-order valence-electron chi connectivity index (χ4n) is 1.54. The number of furan rings is 1. The maximum Gasteiger partial charge on any atom is 0.251 e. The Labute approximate surface area is 111 Å². The molecule has 0 bridgehead atoms. The number of nitrogens with one attached hydrogen (secondary N) is 1. The first kappa shape index (κ1) is 13.4. The Morgan fingerprint density at radius 2 is 1.89 bits per heavy atom. The normalized spacial score (nSPS) is 11.2. The minimum Gasteiger partial charge on any atom is -0.467 e. The lowest BCUT2D eigenvalue weighted by molar-refractivity contribution is 0.0948. The van der Waals surface area contributed by atoms with E-state index < -0.39 is 9.84 Å². The summed E-state index contributed by atoms with van der Waals surface area (Å²) in [5, 5.41) is 2.68. The Bertz CT molecular complexity index is 657. The van der Waals surface area contributed by atoms with Crippen LogP contribution in [0.5, 0.6) is 0 Å². The van der Waals surface area contributed by atoms with Gasteiger partial charge in [0, 0.05) is 11.8 Å². The molecule has 1 aromatic heterocycles. The molecule has 6 heteroatoms. The molecule has 2 rings (SSSR count). The second-order valence-corrected chi connectivity index (χ2v) is 6.07. The van der Waals surface area contributed by atoms with Crippen LogP contribution in [0.2, 0.25) is 0 Å². The van der Waals surface area contributed by atoms with Gasteiger partial charge in [-0.3, -0.25) is 4.79 Å². The first-order valence-electron chi connectivity index (χ1n) is 5.57.